The number of hydrogen-bond acceptors (Lipinski definition) is 0. The molecule has 2 aromatic carbocycles. The highest BCUT2D eigenvalue weighted by molar-refractivity contribution is 5.66. The smallest absolute Gasteiger partial charge is 0.194 e. The van der Waals surface area contributed by atoms with Gasteiger partial charge in [-0.25, -0.2) is 26.3 Å². The molecule has 6 heteroatoms. The quantitative estimate of drug-likeness (QED) is 0.352. The molecule has 0 aromatic heterocycles. The second kappa shape index (κ2) is 8.48. The Labute approximate surface area is 171 Å². The van der Waals surface area contributed by atoms with E-state index in [4.69, 9.17) is 0 Å². The van der Waals surface area contributed by atoms with Gasteiger partial charge in [0.1, 0.15) is 18.0 Å². The highest BCUT2D eigenvalue weighted by Crippen LogP contribution is 2.43. The van der Waals surface area contributed by atoms with E-state index in [9.17, 15) is 22.0 Å². The van der Waals surface area contributed by atoms with E-state index in [0.717, 1.165) is 37.0 Å². The van der Waals surface area contributed by atoms with Crippen molar-refractivity contribution in [2.45, 2.75) is 44.9 Å². The molecular weight excluding hydrogens is 402 g/mol. The van der Waals surface area contributed by atoms with Crippen molar-refractivity contribution >= 4 is 0 Å². The van der Waals surface area contributed by atoms with Gasteiger partial charge in [0.05, 0.1) is 0 Å². The van der Waals surface area contributed by atoms with Crippen molar-refractivity contribution in [3.8, 4) is 11.1 Å². The predicted molar refractivity (Wildman–Crippen MR) is 103 cm³/mol. The number of rotatable bonds is 3. The summed E-state index contributed by atoms with van der Waals surface area (Å²) in [5.41, 5.74) is 1.43. The Morgan fingerprint density at radius 2 is 1.50 bits per heavy atom. The summed E-state index contributed by atoms with van der Waals surface area (Å²) in [4.78, 5) is 0. The molecule has 0 spiro atoms. The molecule has 0 N–H and O–H groups in total. The third-order valence-corrected chi connectivity index (χ3v) is 6.82. The lowest BCUT2D eigenvalue weighted by molar-refractivity contribution is 0.190. The first-order valence-electron chi connectivity index (χ1n) is 10.3. The molecule has 0 radical (unpaired) electrons. The largest absolute Gasteiger partial charge is 0.213 e. The van der Waals surface area contributed by atoms with Gasteiger partial charge in [-0.1, -0.05) is 12.1 Å². The van der Waals surface area contributed by atoms with Crippen molar-refractivity contribution in [2.75, 3.05) is 0 Å². The average molecular weight is 424 g/mol. The van der Waals surface area contributed by atoms with Crippen LogP contribution in [0.5, 0.6) is 0 Å². The van der Waals surface area contributed by atoms with Crippen molar-refractivity contribution in [2.24, 2.45) is 17.8 Å². The Kier molecular flexibility index (Phi) is 5.94. The number of halogens is 6. The molecule has 2 aliphatic rings. The summed E-state index contributed by atoms with van der Waals surface area (Å²) in [5.74, 6) is -5.06. The molecule has 1 saturated carbocycles. The van der Waals surface area contributed by atoms with Crippen molar-refractivity contribution in [1.82, 2.24) is 0 Å². The van der Waals surface area contributed by atoms with Crippen LogP contribution in [0.4, 0.5) is 26.3 Å². The number of fused-ring (bicyclic) bond motifs is 1. The minimum absolute atomic E-state index is 0.0323. The molecule has 0 amide bonds. The highest BCUT2D eigenvalue weighted by atomic mass is 19.2. The van der Waals surface area contributed by atoms with Gasteiger partial charge >= 0.3 is 0 Å². The van der Waals surface area contributed by atoms with Crippen molar-refractivity contribution in [3.63, 3.8) is 0 Å². The minimum Gasteiger partial charge on any atom is -0.213 e. The number of allylic oxidation sites excluding steroid dienone is 1. The predicted octanol–water partition coefficient (Wildman–Crippen LogP) is 7.60. The van der Waals surface area contributed by atoms with Gasteiger partial charge in [-0.2, -0.15) is 0 Å². The Balaban J connectivity index is 1.52. The maximum atomic E-state index is 15.1. The van der Waals surface area contributed by atoms with Crippen LogP contribution in [0.25, 0.3) is 11.1 Å². The fourth-order valence-electron chi connectivity index (χ4n) is 5.13. The normalized spacial score (nSPS) is 24.6. The molecule has 30 heavy (non-hydrogen) atoms. The van der Waals surface area contributed by atoms with Gasteiger partial charge in [-0.3, -0.25) is 0 Å². The Bertz CT molecular complexity index is 949. The van der Waals surface area contributed by atoms with Crippen LogP contribution in [-0.2, 0) is 12.8 Å². The number of hydrogen-bond donors (Lipinski definition) is 0. The average Bonchev–Trinajstić information content (AvgIpc) is 2.76. The summed E-state index contributed by atoms with van der Waals surface area (Å²) < 4.78 is 81.4. The molecule has 0 heterocycles. The fraction of sp³-hybridized carbons (Fsp3) is 0.417. The first-order chi connectivity index (χ1) is 14.4. The van der Waals surface area contributed by atoms with Gasteiger partial charge in [-0.15, -0.1) is 0 Å². The van der Waals surface area contributed by atoms with E-state index >= 15 is 4.39 Å². The minimum atomic E-state index is -1.57. The van der Waals surface area contributed by atoms with Crippen LogP contribution < -0.4 is 0 Å². The molecule has 0 nitrogen and oxygen atoms in total. The van der Waals surface area contributed by atoms with Crippen LogP contribution in [0, 0.1) is 41.0 Å². The third-order valence-electron chi connectivity index (χ3n) is 6.82. The van der Waals surface area contributed by atoms with Gasteiger partial charge < -0.3 is 0 Å². The van der Waals surface area contributed by atoms with Gasteiger partial charge in [-0.05, 0) is 85.6 Å². The zero-order chi connectivity index (χ0) is 21.4. The van der Waals surface area contributed by atoms with Crippen LogP contribution in [0.3, 0.4) is 0 Å². The molecule has 1 atom stereocenters. The lowest BCUT2D eigenvalue weighted by Gasteiger charge is -2.36. The first-order valence-corrected chi connectivity index (χ1v) is 10.3. The summed E-state index contributed by atoms with van der Waals surface area (Å²) in [5, 5.41) is 0. The molecule has 2 aliphatic carbocycles. The summed E-state index contributed by atoms with van der Waals surface area (Å²) in [6.45, 7) is 0. The summed E-state index contributed by atoms with van der Waals surface area (Å²) in [7, 11) is 0. The van der Waals surface area contributed by atoms with Crippen LogP contribution in [-0.4, -0.2) is 0 Å². The molecule has 0 saturated heterocycles. The van der Waals surface area contributed by atoms with E-state index in [0.29, 0.717) is 43.1 Å². The van der Waals surface area contributed by atoms with E-state index < -0.39 is 29.1 Å². The Morgan fingerprint density at radius 3 is 2.13 bits per heavy atom. The second-order valence-corrected chi connectivity index (χ2v) is 8.43. The SMILES string of the molecule is F/C=C(/F)C1CCC(C2CCc3c(ccc(-c4cc(F)c(F)c(F)c4)c3F)C2)CC1. The molecule has 1 fully saturated rings. The van der Waals surface area contributed by atoms with Gasteiger partial charge in [0, 0.05) is 11.5 Å². The standard InChI is InChI=1S/C24H22F6/c25-12-22(28)14-3-1-13(2-4-14)15-5-7-18-16(9-15)6-8-19(23(18)29)17-10-20(26)24(30)21(27)11-17/h6,8,10-15H,1-5,7,9H2/b22-12+. The van der Waals surface area contributed by atoms with Crippen molar-refractivity contribution in [1.29, 1.82) is 0 Å². The summed E-state index contributed by atoms with van der Waals surface area (Å²) in [6, 6.07) is 4.87. The zero-order valence-electron chi connectivity index (χ0n) is 16.3. The van der Waals surface area contributed by atoms with E-state index in [1.165, 1.54) is 6.07 Å². The zero-order valence-corrected chi connectivity index (χ0v) is 16.3. The van der Waals surface area contributed by atoms with Crippen LogP contribution in [0.15, 0.2) is 36.4 Å². The summed E-state index contributed by atoms with van der Waals surface area (Å²) in [6.07, 6.45) is 4.91. The van der Waals surface area contributed by atoms with Gasteiger partial charge in [0.15, 0.2) is 17.5 Å². The Hall–Kier alpha value is -2.24. The Morgan fingerprint density at radius 1 is 0.833 bits per heavy atom. The van der Waals surface area contributed by atoms with Gasteiger partial charge in [0.2, 0.25) is 0 Å². The van der Waals surface area contributed by atoms with Crippen LogP contribution in [0.1, 0.15) is 43.2 Å². The molecule has 1 unspecified atom stereocenters. The molecular formula is C24H22F6. The topological polar surface area (TPSA) is 0 Å². The van der Waals surface area contributed by atoms with E-state index in [1.54, 1.807) is 6.07 Å². The van der Waals surface area contributed by atoms with Gasteiger partial charge in [0.25, 0.3) is 0 Å². The van der Waals surface area contributed by atoms with E-state index in [2.05, 4.69) is 0 Å². The number of benzene rings is 2. The second-order valence-electron chi connectivity index (χ2n) is 8.43. The van der Waals surface area contributed by atoms with Crippen molar-refractivity contribution < 1.29 is 26.3 Å². The molecule has 160 valence electrons. The third kappa shape index (κ3) is 3.88. The summed E-state index contributed by atoms with van der Waals surface area (Å²) >= 11 is 0. The lowest BCUT2D eigenvalue weighted by atomic mass is 9.69. The molecule has 0 bridgehead atoms. The van der Waals surface area contributed by atoms with E-state index in [-0.39, 0.29) is 23.4 Å². The van der Waals surface area contributed by atoms with E-state index in [1.807, 2.05) is 0 Å². The van der Waals surface area contributed by atoms with Crippen LogP contribution >= 0.6 is 0 Å². The van der Waals surface area contributed by atoms with Crippen LogP contribution in [0.2, 0.25) is 0 Å². The lowest BCUT2D eigenvalue weighted by Crippen LogP contribution is -2.27. The molecule has 4 rings (SSSR count). The maximum Gasteiger partial charge on any atom is 0.194 e. The fourth-order valence-corrected chi connectivity index (χ4v) is 5.13. The molecule has 0 aliphatic heterocycles. The maximum absolute atomic E-state index is 15.1. The monoisotopic (exact) mass is 424 g/mol. The molecule has 2 aromatic rings. The first kappa shape index (κ1) is 21.0. The highest BCUT2D eigenvalue weighted by Gasteiger charge is 2.32. The van der Waals surface area contributed by atoms with Crippen molar-refractivity contribution in [3.05, 3.63) is 70.8 Å².